The van der Waals surface area contributed by atoms with Gasteiger partial charge in [0.25, 0.3) is 5.91 Å². The monoisotopic (exact) mass is 478 g/mol. The number of anilines is 2. The number of hydrogen-bond acceptors (Lipinski definition) is 4. The lowest BCUT2D eigenvalue weighted by atomic mass is 10.0. The molecule has 0 radical (unpaired) electrons. The van der Waals surface area contributed by atoms with Crippen LogP contribution in [0.4, 0.5) is 11.4 Å². The van der Waals surface area contributed by atoms with E-state index in [9.17, 15) is 9.59 Å². The Balaban J connectivity index is 1.55. The first-order chi connectivity index (χ1) is 16.0. The van der Waals surface area contributed by atoms with E-state index in [4.69, 9.17) is 16.3 Å². The molecule has 7 heteroatoms. The number of ether oxygens (including phenoxy) is 1. The van der Waals surface area contributed by atoms with E-state index in [0.29, 0.717) is 23.9 Å². The van der Waals surface area contributed by atoms with Gasteiger partial charge < -0.3 is 9.64 Å². The minimum absolute atomic E-state index is 0.0845. The van der Waals surface area contributed by atoms with Crippen LogP contribution in [-0.4, -0.2) is 24.2 Å². The quantitative estimate of drug-likeness (QED) is 0.462. The van der Waals surface area contributed by atoms with Crippen molar-refractivity contribution in [2.24, 2.45) is 0 Å². The zero-order valence-corrected chi connectivity index (χ0v) is 19.7. The molecule has 3 aromatic rings. The van der Waals surface area contributed by atoms with Gasteiger partial charge in [-0.25, -0.2) is 0 Å². The van der Waals surface area contributed by atoms with Crippen molar-refractivity contribution in [1.29, 1.82) is 0 Å². The number of para-hydroxylation sites is 1. The summed E-state index contributed by atoms with van der Waals surface area (Å²) in [6.45, 7) is 3.09. The van der Waals surface area contributed by atoms with Crippen molar-refractivity contribution in [2.45, 2.75) is 24.8 Å². The van der Waals surface area contributed by atoms with E-state index in [1.54, 1.807) is 9.80 Å². The number of fused-ring (bicyclic) bond motifs is 2. The predicted octanol–water partition coefficient (Wildman–Crippen LogP) is 5.61. The molecule has 2 amide bonds. The fourth-order valence-electron chi connectivity index (χ4n) is 4.40. The average molecular weight is 479 g/mol. The van der Waals surface area contributed by atoms with Crippen LogP contribution in [0.2, 0.25) is 5.02 Å². The smallest absolute Gasteiger partial charge is 0.269 e. The topological polar surface area (TPSA) is 49.9 Å². The Morgan fingerprint density at radius 3 is 2.45 bits per heavy atom. The molecule has 2 heterocycles. The van der Waals surface area contributed by atoms with Crippen molar-refractivity contribution in [2.75, 3.05) is 22.2 Å². The van der Waals surface area contributed by atoms with Crippen molar-refractivity contribution in [1.82, 2.24) is 0 Å². The molecule has 1 unspecified atom stereocenters. The molecule has 2 aliphatic heterocycles. The van der Waals surface area contributed by atoms with Crippen molar-refractivity contribution in [3.63, 3.8) is 0 Å². The van der Waals surface area contributed by atoms with Crippen molar-refractivity contribution < 1.29 is 14.3 Å². The number of hydrogen-bond donors (Lipinski definition) is 0. The lowest BCUT2D eigenvalue weighted by Gasteiger charge is -2.33. The first-order valence-corrected chi connectivity index (χ1v) is 12.3. The Labute approximate surface area is 202 Å². The molecule has 168 valence electrons. The standard InChI is InChI=1S/C26H23ClN2O3S/c1-2-15-32-21-13-11-20(12-14-21)29-24(30)17-33-26(29)22-5-3-4-6-23(22)28(25(26)31)16-18-7-9-19(27)10-8-18/h3-14H,2,15-17H2,1H3. The number of benzene rings is 3. The number of carbonyl (C=O) groups excluding carboxylic acids is 2. The molecular weight excluding hydrogens is 456 g/mol. The first-order valence-electron chi connectivity index (χ1n) is 10.9. The largest absolute Gasteiger partial charge is 0.494 e. The lowest BCUT2D eigenvalue weighted by Crippen LogP contribution is -2.49. The van der Waals surface area contributed by atoms with Crippen LogP contribution in [0.25, 0.3) is 0 Å². The Morgan fingerprint density at radius 2 is 1.73 bits per heavy atom. The molecule has 0 bridgehead atoms. The van der Waals surface area contributed by atoms with E-state index in [-0.39, 0.29) is 17.6 Å². The zero-order chi connectivity index (χ0) is 23.0. The molecule has 0 saturated carbocycles. The summed E-state index contributed by atoms with van der Waals surface area (Å²) in [4.78, 5) is 29.5. The van der Waals surface area contributed by atoms with Gasteiger partial charge >= 0.3 is 0 Å². The van der Waals surface area contributed by atoms with Crippen LogP contribution in [0.3, 0.4) is 0 Å². The Bertz CT molecular complexity index is 1200. The number of amides is 2. The molecule has 1 fully saturated rings. The highest BCUT2D eigenvalue weighted by Gasteiger charge is 2.60. The van der Waals surface area contributed by atoms with E-state index in [2.05, 4.69) is 6.92 Å². The summed E-state index contributed by atoms with van der Waals surface area (Å²) in [5.41, 5.74) is 3.32. The fraction of sp³-hybridized carbons (Fsp3) is 0.231. The zero-order valence-electron chi connectivity index (χ0n) is 18.2. The van der Waals surface area contributed by atoms with Crippen LogP contribution < -0.4 is 14.5 Å². The Morgan fingerprint density at radius 1 is 1.00 bits per heavy atom. The molecule has 1 atom stereocenters. The van der Waals surface area contributed by atoms with Crippen LogP contribution in [0.15, 0.2) is 72.8 Å². The molecule has 0 aliphatic carbocycles. The van der Waals surface area contributed by atoms with Crippen LogP contribution in [0, 0.1) is 0 Å². The van der Waals surface area contributed by atoms with Gasteiger partial charge in [-0.05, 0) is 54.4 Å². The van der Waals surface area contributed by atoms with Gasteiger partial charge in [-0.15, -0.1) is 11.8 Å². The maximum absolute atomic E-state index is 14.1. The highest BCUT2D eigenvalue weighted by molar-refractivity contribution is 8.02. The second kappa shape index (κ2) is 8.76. The lowest BCUT2D eigenvalue weighted by molar-refractivity contribution is -0.123. The molecule has 3 aromatic carbocycles. The van der Waals surface area contributed by atoms with Crippen LogP contribution in [0.5, 0.6) is 5.75 Å². The van der Waals surface area contributed by atoms with Gasteiger partial charge in [0.05, 0.1) is 24.6 Å². The average Bonchev–Trinajstić information content (AvgIpc) is 3.30. The van der Waals surface area contributed by atoms with E-state index in [0.717, 1.165) is 29.0 Å². The third kappa shape index (κ3) is 3.67. The predicted molar refractivity (Wildman–Crippen MR) is 133 cm³/mol. The third-order valence-electron chi connectivity index (χ3n) is 5.89. The summed E-state index contributed by atoms with van der Waals surface area (Å²) in [6.07, 6.45) is 0.918. The number of halogens is 1. The number of carbonyl (C=O) groups is 2. The number of thioether (sulfide) groups is 1. The Hall–Kier alpha value is -2.96. The van der Waals surface area contributed by atoms with E-state index in [1.165, 1.54) is 11.8 Å². The van der Waals surface area contributed by atoms with Gasteiger partial charge in [0.15, 0.2) is 0 Å². The van der Waals surface area contributed by atoms with Crippen LogP contribution in [0.1, 0.15) is 24.5 Å². The van der Waals surface area contributed by atoms with E-state index >= 15 is 0 Å². The second-order valence-corrected chi connectivity index (χ2v) is 9.64. The molecule has 2 aliphatic rings. The molecular formula is C26H23ClN2O3S. The Kier molecular flexibility index (Phi) is 5.81. The summed E-state index contributed by atoms with van der Waals surface area (Å²) < 4.78 is 5.69. The highest BCUT2D eigenvalue weighted by Crippen LogP contribution is 2.56. The van der Waals surface area contributed by atoms with Gasteiger partial charge in [0, 0.05) is 16.3 Å². The van der Waals surface area contributed by atoms with Crippen LogP contribution in [-0.2, 0) is 21.0 Å². The normalized spacial score (nSPS) is 19.5. The summed E-state index contributed by atoms with van der Waals surface area (Å²) in [5, 5.41) is 0.651. The van der Waals surface area contributed by atoms with E-state index in [1.807, 2.05) is 72.8 Å². The van der Waals surface area contributed by atoms with Crippen LogP contribution >= 0.6 is 23.4 Å². The first kappa shape index (κ1) is 21.9. The van der Waals surface area contributed by atoms with E-state index < -0.39 is 4.87 Å². The third-order valence-corrected chi connectivity index (χ3v) is 7.52. The van der Waals surface area contributed by atoms with Crippen molar-refractivity contribution in [3.05, 3.63) is 88.9 Å². The van der Waals surface area contributed by atoms with Gasteiger partial charge in [0.2, 0.25) is 10.8 Å². The van der Waals surface area contributed by atoms with Gasteiger partial charge in [-0.3, -0.25) is 14.5 Å². The highest BCUT2D eigenvalue weighted by atomic mass is 35.5. The molecule has 33 heavy (non-hydrogen) atoms. The molecule has 0 aromatic heterocycles. The summed E-state index contributed by atoms with van der Waals surface area (Å²) in [6, 6.07) is 22.6. The fourth-order valence-corrected chi connectivity index (χ4v) is 5.88. The maximum Gasteiger partial charge on any atom is 0.269 e. The summed E-state index contributed by atoms with van der Waals surface area (Å²) >= 11 is 7.42. The molecule has 5 rings (SSSR count). The maximum atomic E-state index is 14.1. The summed E-state index contributed by atoms with van der Waals surface area (Å²) in [5.74, 6) is 0.791. The second-order valence-electron chi connectivity index (χ2n) is 8.04. The molecule has 0 N–H and O–H groups in total. The molecule has 1 spiro atoms. The van der Waals surface area contributed by atoms with Gasteiger partial charge in [0.1, 0.15) is 5.75 Å². The van der Waals surface area contributed by atoms with Gasteiger partial charge in [-0.2, -0.15) is 0 Å². The molecule has 1 saturated heterocycles. The number of nitrogens with zero attached hydrogens (tertiary/aromatic N) is 2. The molecule has 5 nitrogen and oxygen atoms in total. The van der Waals surface area contributed by atoms with Crippen molar-refractivity contribution >= 4 is 46.6 Å². The van der Waals surface area contributed by atoms with Crippen molar-refractivity contribution in [3.8, 4) is 5.75 Å². The minimum atomic E-state index is -1.12. The number of rotatable bonds is 6. The SMILES string of the molecule is CCCOc1ccc(N2C(=O)CSC23C(=O)N(Cc2ccc(Cl)cc2)c2ccccc23)cc1. The summed E-state index contributed by atoms with van der Waals surface area (Å²) in [7, 11) is 0. The minimum Gasteiger partial charge on any atom is -0.494 e. The van der Waals surface area contributed by atoms with Gasteiger partial charge in [-0.1, -0.05) is 48.9 Å².